The lowest BCUT2D eigenvalue weighted by Gasteiger charge is -2.29. The molecule has 0 heterocycles. The van der Waals surface area contributed by atoms with Gasteiger partial charge in [0.2, 0.25) is 5.91 Å². The number of hydrogen-bond acceptors (Lipinski definition) is 5. The predicted octanol–water partition coefficient (Wildman–Crippen LogP) is 3.95. The van der Waals surface area contributed by atoms with Crippen LogP contribution in [0, 0.1) is 17.8 Å². The molecule has 1 aliphatic carbocycles. The van der Waals surface area contributed by atoms with E-state index in [0.29, 0.717) is 24.7 Å². The Morgan fingerprint density at radius 1 is 1.12 bits per heavy atom. The van der Waals surface area contributed by atoms with Crippen LogP contribution in [0.1, 0.15) is 77.2 Å². The van der Waals surface area contributed by atoms with Crippen LogP contribution in [0.2, 0.25) is 0 Å². The highest BCUT2D eigenvalue weighted by molar-refractivity contribution is 5.79. The van der Waals surface area contributed by atoms with Gasteiger partial charge in [-0.05, 0) is 36.7 Å². The van der Waals surface area contributed by atoms with Crippen LogP contribution in [0.15, 0.2) is 30.3 Å². The Morgan fingerprint density at radius 2 is 1.81 bits per heavy atom. The molecule has 180 valence electrons. The maximum Gasteiger partial charge on any atom is 0.307 e. The second-order valence-corrected chi connectivity index (χ2v) is 9.72. The van der Waals surface area contributed by atoms with E-state index in [9.17, 15) is 14.7 Å². The van der Waals surface area contributed by atoms with E-state index in [1.165, 1.54) is 32.1 Å². The van der Waals surface area contributed by atoms with E-state index < -0.39 is 6.10 Å². The molecular formula is C26H42N2O4. The first-order chi connectivity index (χ1) is 15.3. The average Bonchev–Trinajstić information content (AvgIpc) is 2.78. The first kappa shape index (κ1) is 26.3. The Bertz CT molecular complexity index is 674. The highest BCUT2D eigenvalue weighted by Crippen LogP contribution is 2.28. The van der Waals surface area contributed by atoms with Crippen LogP contribution >= 0.6 is 0 Å². The Balaban J connectivity index is 1.74. The van der Waals surface area contributed by atoms with Crippen LogP contribution in [0.4, 0.5) is 0 Å². The summed E-state index contributed by atoms with van der Waals surface area (Å²) in [5, 5.41) is 13.5. The van der Waals surface area contributed by atoms with Crippen molar-refractivity contribution in [3.05, 3.63) is 35.9 Å². The zero-order valence-electron chi connectivity index (χ0n) is 19.8. The lowest BCUT2D eigenvalue weighted by molar-refractivity contribution is -0.144. The number of nitrogens with one attached hydrogen (secondary N) is 1. The zero-order valence-corrected chi connectivity index (χ0v) is 19.8. The molecule has 1 aromatic rings. The molecule has 1 amide bonds. The van der Waals surface area contributed by atoms with Gasteiger partial charge in [-0.3, -0.25) is 9.59 Å². The predicted molar refractivity (Wildman–Crippen MR) is 127 cm³/mol. The number of ether oxygens (including phenoxy) is 1. The summed E-state index contributed by atoms with van der Waals surface area (Å²) in [7, 11) is 0. The highest BCUT2D eigenvalue weighted by atomic mass is 16.5. The number of esters is 1. The zero-order chi connectivity index (χ0) is 23.3. The highest BCUT2D eigenvalue weighted by Gasteiger charge is 2.28. The molecule has 0 unspecified atom stereocenters. The summed E-state index contributed by atoms with van der Waals surface area (Å²) in [5.74, 6) is 0.126. The molecule has 0 spiro atoms. The molecule has 0 saturated heterocycles. The van der Waals surface area contributed by atoms with Crippen LogP contribution in [0.3, 0.4) is 0 Å². The number of aliphatic hydroxyl groups is 1. The summed E-state index contributed by atoms with van der Waals surface area (Å²) >= 11 is 0. The minimum atomic E-state index is -0.692. The molecule has 1 aliphatic rings. The van der Waals surface area contributed by atoms with Gasteiger partial charge in [0.1, 0.15) is 6.61 Å². The van der Waals surface area contributed by atoms with Gasteiger partial charge in [0.05, 0.1) is 12.5 Å². The van der Waals surface area contributed by atoms with Gasteiger partial charge in [0, 0.05) is 18.5 Å². The normalized spacial score (nSPS) is 17.5. The Kier molecular flexibility index (Phi) is 11.7. The Labute approximate surface area is 193 Å². The second kappa shape index (κ2) is 14.3. The molecular weight excluding hydrogens is 404 g/mol. The third kappa shape index (κ3) is 10.1. The van der Waals surface area contributed by atoms with Crippen LogP contribution < -0.4 is 11.1 Å². The number of aliphatic hydroxyl groups excluding tert-OH is 1. The van der Waals surface area contributed by atoms with E-state index in [1.54, 1.807) is 0 Å². The summed E-state index contributed by atoms with van der Waals surface area (Å²) in [4.78, 5) is 24.7. The van der Waals surface area contributed by atoms with E-state index in [2.05, 4.69) is 19.2 Å². The summed E-state index contributed by atoms with van der Waals surface area (Å²) < 4.78 is 5.26. The summed E-state index contributed by atoms with van der Waals surface area (Å²) in [5.41, 5.74) is 7.24. The van der Waals surface area contributed by atoms with Crippen molar-refractivity contribution in [2.75, 3.05) is 6.54 Å². The quantitative estimate of drug-likeness (QED) is 0.398. The number of rotatable bonds is 13. The fourth-order valence-corrected chi connectivity index (χ4v) is 4.55. The Morgan fingerprint density at radius 3 is 2.47 bits per heavy atom. The van der Waals surface area contributed by atoms with Crippen molar-refractivity contribution < 1.29 is 19.4 Å². The number of hydrogen-bond donors (Lipinski definition) is 3. The lowest BCUT2D eigenvalue weighted by atomic mass is 9.82. The van der Waals surface area contributed by atoms with Gasteiger partial charge in [-0.25, -0.2) is 0 Å². The number of benzene rings is 1. The summed E-state index contributed by atoms with van der Waals surface area (Å²) in [6, 6.07) is 9.20. The number of carbonyl (C=O) groups excluding carboxylic acids is 2. The van der Waals surface area contributed by atoms with E-state index in [4.69, 9.17) is 10.5 Å². The first-order valence-electron chi connectivity index (χ1n) is 12.3. The molecule has 2 rings (SSSR count). The summed E-state index contributed by atoms with van der Waals surface area (Å²) in [6.07, 6.45) is 7.47. The second-order valence-electron chi connectivity index (χ2n) is 9.72. The maximum absolute atomic E-state index is 12.8. The molecule has 0 bridgehead atoms. The SMILES string of the molecule is CC(C)C[C@H](C[C@H](O)[C@@H](N)CC1CCCCC1)C(=O)NCCC(=O)OCc1ccccc1. The summed E-state index contributed by atoms with van der Waals surface area (Å²) in [6.45, 7) is 4.59. The van der Waals surface area contributed by atoms with Gasteiger partial charge >= 0.3 is 5.97 Å². The molecule has 3 atom stereocenters. The van der Waals surface area contributed by atoms with Crippen LogP contribution in [0.5, 0.6) is 0 Å². The van der Waals surface area contributed by atoms with Gasteiger partial charge in [0.25, 0.3) is 0 Å². The van der Waals surface area contributed by atoms with Crippen molar-refractivity contribution in [2.24, 2.45) is 23.5 Å². The van der Waals surface area contributed by atoms with E-state index >= 15 is 0 Å². The van der Waals surface area contributed by atoms with Crippen molar-refractivity contribution in [3.8, 4) is 0 Å². The lowest BCUT2D eigenvalue weighted by Crippen LogP contribution is -2.41. The van der Waals surface area contributed by atoms with Gasteiger partial charge in [-0.1, -0.05) is 76.3 Å². The van der Waals surface area contributed by atoms with Gasteiger partial charge in [-0.15, -0.1) is 0 Å². The van der Waals surface area contributed by atoms with E-state index in [-0.39, 0.29) is 43.4 Å². The topological polar surface area (TPSA) is 102 Å². The molecule has 0 radical (unpaired) electrons. The fourth-order valence-electron chi connectivity index (χ4n) is 4.55. The molecule has 6 heteroatoms. The smallest absolute Gasteiger partial charge is 0.307 e. The molecule has 32 heavy (non-hydrogen) atoms. The van der Waals surface area contributed by atoms with Crippen molar-refractivity contribution in [2.45, 2.75) is 90.4 Å². The van der Waals surface area contributed by atoms with Crippen molar-refractivity contribution in [3.63, 3.8) is 0 Å². The van der Waals surface area contributed by atoms with E-state index in [1.807, 2.05) is 30.3 Å². The number of nitrogens with two attached hydrogens (primary N) is 1. The van der Waals surface area contributed by atoms with Crippen molar-refractivity contribution in [1.29, 1.82) is 0 Å². The molecule has 1 aromatic carbocycles. The third-order valence-electron chi connectivity index (χ3n) is 6.35. The monoisotopic (exact) mass is 446 g/mol. The molecule has 4 N–H and O–H groups in total. The van der Waals surface area contributed by atoms with Crippen LogP contribution in [-0.4, -0.2) is 35.7 Å². The van der Waals surface area contributed by atoms with Crippen molar-refractivity contribution in [1.82, 2.24) is 5.32 Å². The minimum absolute atomic E-state index is 0.122. The van der Waals surface area contributed by atoms with Gasteiger partial charge in [0.15, 0.2) is 0 Å². The van der Waals surface area contributed by atoms with Gasteiger partial charge < -0.3 is 20.9 Å². The molecule has 0 aromatic heterocycles. The number of amides is 1. The average molecular weight is 447 g/mol. The fraction of sp³-hybridized carbons (Fsp3) is 0.692. The van der Waals surface area contributed by atoms with Gasteiger partial charge in [-0.2, -0.15) is 0 Å². The van der Waals surface area contributed by atoms with Crippen LogP contribution in [0.25, 0.3) is 0 Å². The first-order valence-corrected chi connectivity index (χ1v) is 12.3. The molecule has 1 fully saturated rings. The van der Waals surface area contributed by atoms with Crippen molar-refractivity contribution >= 4 is 11.9 Å². The minimum Gasteiger partial charge on any atom is -0.461 e. The molecule has 6 nitrogen and oxygen atoms in total. The largest absolute Gasteiger partial charge is 0.461 e. The molecule has 1 saturated carbocycles. The van der Waals surface area contributed by atoms with Crippen LogP contribution in [-0.2, 0) is 20.9 Å². The molecule has 0 aliphatic heterocycles. The number of carbonyl (C=O) groups is 2. The Hall–Kier alpha value is -1.92. The van der Waals surface area contributed by atoms with E-state index in [0.717, 1.165) is 12.0 Å². The standard InChI is InChI=1S/C26H42N2O4/c1-19(2)15-22(17-24(29)23(27)16-20-9-5-3-6-10-20)26(31)28-14-13-25(30)32-18-21-11-7-4-8-12-21/h4,7-8,11-12,19-20,22-24,29H,3,5-6,9-10,13-18,27H2,1-2H3,(H,28,31)/t22-,23+,24+/m1/s1. The maximum atomic E-state index is 12.8. The third-order valence-corrected chi connectivity index (χ3v) is 6.35.